The highest BCUT2D eigenvalue weighted by atomic mass is 32.2. The van der Waals surface area contributed by atoms with E-state index in [9.17, 15) is 19.5 Å². The number of thioether (sulfide) groups is 1. The smallest absolute Gasteiger partial charge is 0.336 e. The molecule has 3 atom stereocenters. The van der Waals surface area contributed by atoms with Crippen LogP contribution in [0.15, 0.2) is 0 Å². The van der Waals surface area contributed by atoms with Gasteiger partial charge in [-0.25, -0.2) is 14.4 Å². The fourth-order valence-electron chi connectivity index (χ4n) is 2.38. The number of ether oxygens (including phenoxy) is 2. The Hall–Kier alpha value is -1.48. The summed E-state index contributed by atoms with van der Waals surface area (Å²) < 4.78 is 9.88. The molecule has 0 spiro atoms. The normalized spacial score (nSPS) is 29.3. The van der Waals surface area contributed by atoms with Crippen LogP contribution in [-0.4, -0.2) is 83.0 Å². The molecule has 2 fully saturated rings. The van der Waals surface area contributed by atoms with Crippen molar-refractivity contribution >= 4 is 29.7 Å². The van der Waals surface area contributed by atoms with E-state index in [1.807, 2.05) is 0 Å². The molecule has 9 heteroatoms. The van der Waals surface area contributed by atoms with E-state index in [4.69, 9.17) is 4.74 Å². The molecule has 2 aliphatic rings. The predicted molar refractivity (Wildman–Crippen MR) is 73.9 cm³/mol. The van der Waals surface area contributed by atoms with E-state index in [-0.39, 0.29) is 24.6 Å². The Bertz CT molecular complexity index is 445. The minimum atomic E-state index is -1.02. The number of urea groups is 1. The first-order chi connectivity index (χ1) is 9.95. The summed E-state index contributed by atoms with van der Waals surface area (Å²) in [6.45, 7) is 2.42. The number of carbonyl (C=O) groups excluding carboxylic acids is 2. The van der Waals surface area contributed by atoms with Crippen LogP contribution in [0, 0.1) is 0 Å². The van der Waals surface area contributed by atoms with Gasteiger partial charge in [-0.3, -0.25) is 4.90 Å². The van der Waals surface area contributed by atoms with Gasteiger partial charge in [-0.1, -0.05) is 0 Å². The Morgan fingerprint density at radius 1 is 1.38 bits per heavy atom. The van der Waals surface area contributed by atoms with Gasteiger partial charge in [-0.2, -0.15) is 0 Å². The van der Waals surface area contributed by atoms with Crippen molar-refractivity contribution in [2.24, 2.45) is 0 Å². The van der Waals surface area contributed by atoms with Crippen molar-refractivity contribution in [3.63, 3.8) is 0 Å². The number of methoxy groups -OCH3 is 1. The Kier molecular flexibility index (Phi) is 4.94. The number of amides is 2. The van der Waals surface area contributed by atoms with Crippen molar-refractivity contribution in [1.82, 2.24) is 9.80 Å². The van der Waals surface area contributed by atoms with Gasteiger partial charge >= 0.3 is 18.0 Å². The highest BCUT2D eigenvalue weighted by Crippen LogP contribution is 2.30. The van der Waals surface area contributed by atoms with Gasteiger partial charge in [0.1, 0.15) is 6.04 Å². The minimum Gasteiger partial charge on any atom is -0.480 e. The molecular formula is C12H18N2O6S. The first kappa shape index (κ1) is 15.9. The highest BCUT2D eigenvalue weighted by molar-refractivity contribution is 8.00. The summed E-state index contributed by atoms with van der Waals surface area (Å²) in [5, 5.41) is 8.99. The molecule has 0 aromatic rings. The maximum absolute atomic E-state index is 12.5. The predicted octanol–water partition coefficient (Wildman–Crippen LogP) is -0.172. The van der Waals surface area contributed by atoms with E-state index in [1.54, 1.807) is 6.92 Å². The molecule has 2 saturated heterocycles. The average molecular weight is 318 g/mol. The number of esters is 1. The van der Waals surface area contributed by atoms with Crippen LogP contribution in [0.3, 0.4) is 0 Å². The van der Waals surface area contributed by atoms with Crippen molar-refractivity contribution in [3.8, 4) is 0 Å². The zero-order valence-corrected chi connectivity index (χ0v) is 12.7. The Morgan fingerprint density at radius 3 is 2.71 bits per heavy atom. The van der Waals surface area contributed by atoms with Crippen LogP contribution in [-0.2, 0) is 19.1 Å². The zero-order valence-electron chi connectivity index (χ0n) is 11.9. The molecule has 2 heterocycles. The number of carboxylic acid groups (broad SMARTS) is 1. The minimum absolute atomic E-state index is 0.0751. The molecule has 0 bridgehead atoms. The number of carbonyl (C=O) groups is 3. The average Bonchev–Trinajstić information content (AvgIpc) is 2.87. The molecule has 2 aliphatic heterocycles. The van der Waals surface area contributed by atoms with Crippen LogP contribution in [0.1, 0.15) is 6.92 Å². The van der Waals surface area contributed by atoms with Crippen LogP contribution >= 0.6 is 11.8 Å². The molecule has 0 saturated carbocycles. The number of carboxylic acids is 1. The lowest BCUT2D eigenvalue weighted by atomic mass is 10.2. The first-order valence-electron chi connectivity index (χ1n) is 6.56. The topological polar surface area (TPSA) is 96.4 Å². The first-order valence-corrected chi connectivity index (χ1v) is 7.61. The molecule has 0 aromatic heterocycles. The Morgan fingerprint density at radius 2 is 2.10 bits per heavy atom. The number of morpholine rings is 1. The molecule has 0 aliphatic carbocycles. The Balaban J connectivity index is 2.08. The van der Waals surface area contributed by atoms with Gasteiger partial charge < -0.3 is 19.5 Å². The van der Waals surface area contributed by atoms with E-state index in [0.717, 1.165) is 0 Å². The summed E-state index contributed by atoms with van der Waals surface area (Å²) in [6, 6.07) is -1.21. The molecule has 118 valence electrons. The van der Waals surface area contributed by atoms with E-state index >= 15 is 0 Å². The van der Waals surface area contributed by atoms with Crippen molar-refractivity contribution in [2.75, 3.05) is 32.6 Å². The molecule has 2 rings (SSSR count). The molecule has 3 unspecified atom stereocenters. The largest absolute Gasteiger partial charge is 0.480 e. The van der Waals surface area contributed by atoms with Crippen LogP contribution < -0.4 is 0 Å². The fraction of sp³-hybridized carbons (Fsp3) is 0.750. The monoisotopic (exact) mass is 318 g/mol. The molecule has 8 nitrogen and oxygen atoms in total. The van der Waals surface area contributed by atoms with Crippen LogP contribution in [0.5, 0.6) is 0 Å². The van der Waals surface area contributed by atoms with E-state index in [2.05, 4.69) is 4.74 Å². The molecule has 2 amide bonds. The maximum Gasteiger partial charge on any atom is 0.336 e. The highest BCUT2D eigenvalue weighted by Gasteiger charge is 2.42. The number of hydrogen-bond acceptors (Lipinski definition) is 6. The number of nitrogens with zero attached hydrogens (tertiary/aromatic N) is 2. The third-order valence-corrected chi connectivity index (χ3v) is 4.75. The second-order valence-electron chi connectivity index (χ2n) is 4.81. The van der Waals surface area contributed by atoms with Gasteiger partial charge in [0.2, 0.25) is 0 Å². The summed E-state index contributed by atoms with van der Waals surface area (Å²) in [7, 11) is 1.26. The maximum atomic E-state index is 12.5. The fourth-order valence-corrected chi connectivity index (χ4v) is 3.55. The van der Waals surface area contributed by atoms with Gasteiger partial charge in [0.25, 0.3) is 0 Å². The summed E-state index contributed by atoms with van der Waals surface area (Å²) in [4.78, 5) is 38.1. The van der Waals surface area contributed by atoms with Gasteiger partial charge in [0.05, 0.1) is 25.6 Å². The molecule has 0 aromatic carbocycles. The second-order valence-corrected chi connectivity index (χ2v) is 6.15. The quantitative estimate of drug-likeness (QED) is 0.706. The molecule has 0 radical (unpaired) electrons. The van der Waals surface area contributed by atoms with E-state index in [1.165, 1.54) is 28.7 Å². The van der Waals surface area contributed by atoms with Crippen molar-refractivity contribution in [2.45, 2.75) is 24.4 Å². The summed E-state index contributed by atoms with van der Waals surface area (Å²) in [5.74, 6) is -1.18. The van der Waals surface area contributed by atoms with Crippen LogP contribution in [0.4, 0.5) is 4.79 Å². The lowest BCUT2D eigenvalue weighted by molar-refractivity contribution is -0.158. The van der Waals surface area contributed by atoms with Gasteiger partial charge in [0.15, 0.2) is 6.10 Å². The number of hydrogen-bond donors (Lipinski definition) is 1. The van der Waals surface area contributed by atoms with Gasteiger partial charge in [-0.05, 0) is 6.92 Å². The van der Waals surface area contributed by atoms with Crippen molar-refractivity contribution in [3.05, 3.63) is 0 Å². The van der Waals surface area contributed by atoms with Crippen LogP contribution in [0.25, 0.3) is 0 Å². The molecule has 21 heavy (non-hydrogen) atoms. The molecule has 1 N–H and O–H groups in total. The second kappa shape index (κ2) is 6.52. The summed E-state index contributed by atoms with van der Waals surface area (Å²) in [6.07, 6.45) is -0.818. The van der Waals surface area contributed by atoms with Crippen molar-refractivity contribution < 1.29 is 29.0 Å². The van der Waals surface area contributed by atoms with Gasteiger partial charge in [-0.15, -0.1) is 11.8 Å². The van der Waals surface area contributed by atoms with Gasteiger partial charge in [0, 0.05) is 12.3 Å². The standard InChI is InChI=1S/C12H18N2O6S/c1-7-14(8(6-21-7)10(15)16)12(18)13-3-4-20-9(5-13)11(17)19-2/h7-9H,3-6H2,1-2H3,(H,15,16). The van der Waals surface area contributed by atoms with E-state index < -0.39 is 24.1 Å². The summed E-state index contributed by atoms with van der Waals surface area (Å²) in [5.41, 5.74) is 0. The Labute approximate surface area is 126 Å². The molecular weight excluding hydrogens is 300 g/mol. The lowest BCUT2D eigenvalue weighted by Gasteiger charge is -2.36. The number of rotatable bonds is 2. The van der Waals surface area contributed by atoms with E-state index in [0.29, 0.717) is 12.3 Å². The SMILES string of the molecule is COC(=O)C1CN(C(=O)N2C(C)SCC2C(=O)O)CCO1. The number of aliphatic carboxylic acids is 1. The van der Waals surface area contributed by atoms with Crippen molar-refractivity contribution in [1.29, 1.82) is 0 Å². The lowest BCUT2D eigenvalue weighted by Crippen LogP contribution is -2.56. The summed E-state index contributed by atoms with van der Waals surface area (Å²) >= 11 is 1.42. The third kappa shape index (κ3) is 3.24. The van der Waals surface area contributed by atoms with Crippen LogP contribution in [0.2, 0.25) is 0 Å². The third-order valence-electron chi connectivity index (χ3n) is 3.53. The zero-order chi connectivity index (χ0) is 15.6.